The molecule has 1 aliphatic rings. The van der Waals surface area contributed by atoms with Gasteiger partial charge in [0.15, 0.2) is 0 Å². The van der Waals surface area contributed by atoms with Crippen LogP contribution in [0.5, 0.6) is 0 Å². The maximum absolute atomic E-state index is 12.7. The average Bonchev–Trinajstić information content (AvgIpc) is 3.21. The molecule has 0 fully saturated rings. The van der Waals surface area contributed by atoms with Crippen molar-refractivity contribution < 1.29 is 13.2 Å². The number of aromatic nitrogens is 2. The summed E-state index contributed by atoms with van der Waals surface area (Å²) < 4.78 is 28.3. The van der Waals surface area contributed by atoms with Gasteiger partial charge in [-0.2, -0.15) is 4.31 Å². The highest BCUT2D eigenvalue weighted by Crippen LogP contribution is 2.27. The van der Waals surface area contributed by atoms with E-state index in [1.54, 1.807) is 23.1 Å². The highest BCUT2D eigenvalue weighted by molar-refractivity contribution is 7.89. The fourth-order valence-electron chi connectivity index (χ4n) is 3.16. The van der Waals surface area contributed by atoms with Crippen LogP contribution in [0.1, 0.15) is 0 Å². The van der Waals surface area contributed by atoms with Crippen LogP contribution in [0.4, 0.5) is 5.95 Å². The van der Waals surface area contributed by atoms with Crippen LogP contribution in [-0.4, -0.2) is 48.3 Å². The topological polar surface area (TPSA) is 75.5 Å². The van der Waals surface area contributed by atoms with E-state index in [-0.39, 0.29) is 17.3 Å². The summed E-state index contributed by atoms with van der Waals surface area (Å²) in [7, 11) is -2.29. The van der Waals surface area contributed by atoms with Crippen molar-refractivity contribution >= 4 is 32.9 Å². The van der Waals surface area contributed by atoms with Crippen LogP contribution in [0.25, 0.3) is 11.0 Å². The van der Waals surface area contributed by atoms with Crippen molar-refractivity contribution in [2.24, 2.45) is 0 Å². The number of hydrogen-bond acceptors (Lipinski definition) is 4. The molecular weight excluding hydrogens is 352 g/mol. The second-order valence-electron chi connectivity index (χ2n) is 6.17. The third kappa shape index (κ3) is 2.67. The lowest BCUT2D eigenvalue weighted by molar-refractivity contribution is -0.118. The van der Waals surface area contributed by atoms with Gasteiger partial charge in [-0.3, -0.25) is 9.69 Å². The van der Waals surface area contributed by atoms with Crippen molar-refractivity contribution in [1.82, 2.24) is 13.9 Å². The Hall–Kier alpha value is -2.71. The van der Waals surface area contributed by atoms with Crippen LogP contribution >= 0.6 is 0 Å². The molecular formula is C18H18N4O3S. The van der Waals surface area contributed by atoms with Crippen molar-refractivity contribution in [3.05, 3.63) is 54.6 Å². The van der Waals surface area contributed by atoms with E-state index in [0.29, 0.717) is 19.0 Å². The molecule has 1 aliphatic heterocycles. The van der Waals surface area contributed by atoms with Gasteiger partial charge in [-0.15, -0.1) is 0 Å². The SMILES string of the molecule is CN(CC(=O)N1CCn2c1nc1ccccc12)S(=O)(=O)c1ccccc1. The van der Waals surface area contributed by atoms with E-state index in [9.17, 15) is 13.2 Å². The molecule has 0 spiro atoms. The van der Waals surface area contributed by atoms with Gasteiger partial charge in [0, 0.05) is 20.1 Å². The van der Waals surface area contributed by atoms with E-state index in [2.05, 4.69) is 4.98 Å². The van der Waals surface area contributed by atoms with E-state index in [0.717, 1.165) is 15.3 Å². The summed E-state index contributed by atoms with van der Waals surface area (Å²) in [6.07, 6.45) is 0. The molecule has 0 unspecified atom stereocenters. The molecule has 2 aromatic carbocycles. The van der Waals surface area contributed by atoms with Crippen LogP contribution in [-0.2, 0) is 21.4 Å². The summed E-state index contributed by atoms with van der Waals surface area (Å²) in [6.45, 7) is 0.905. The number of nitrogens with zero attached hydrogens (tertiary/aromatic N) is 4. The molecule has 4 rings (SSSR count). The van der Waals surface area contributed by atoms with Crippen LogP contribution < -0.4 is 4.90 Å². The second-order valence-corrected chi connectivity index (χ2v) is 8.22. The minimum absolute atomic E-state index is 0.170. The van der Waals surface area contributed by atoms with E-state index in [4.69, 9.17) is 0 Å². The molecule has 0 N–H and O–H groups in total. The van der Waals surface area contributed by atoms with Crippen LogP contribution in [0.15, 0.2) is 59.5 Å². The van der Waals surface area contributed by atoms with Gasteiger partial charge >= 0.3 is 0 Å². The summed E-state index contributed by atoms with van der Waals surface area (Å²) >= 11 is 0. The number of likely N-dealkylation sites (N-methyl/N-ethyl adjacent to an activating group) is 1. The Morgan fingerprint density at radius 3 is 2.54 bits per heavy atom. The van der Waals surface area contributed by atoms with Gasteiger partial charge in [-0.1, -0.05) is 30.3 Å². The summed E-state index contributed by atoms with van der Waals surface area (Å²) in [5.74, 6) is 0.280. The summed E-state index contributed by atoms with van der Waals surface area (Å²) in [5, 5.41) is 0. The quantitative estimate of drug-likeness (QED) is 0.701. The van der Waals surface area contributed by atoms with Crippen LogP contribution in [0.2, 0.25) is 0 Å². The fraction of sp³-hybridized carbons (Fsp3) is 0.222. The molecule has 0 bridgehead atoms. The highest BCUT2D eigenvalue weighted by atomic mass is 32.2. The second kappa shape index (κ2) is 6.22. The molecule has 26 heavy (non-hydrogen) atoms. The Bertz CT molecular complexity index is 1080. The lowest BCUT2D eigenvalue weighted by Gasteiger charge is -2.20. The van der Waals surface area contributed by atoms with Crippen molar-refractivity contribution in [1.29, 1.82) is 0 Å². The maximum atomic E-state index is 12.7. The van der Waals surface area contributed by atoms with Gasteiger partial charge in [-0.25, -0.2) is 13.4 Å². The largest absolute Gasteiger partial charge is 0.308 e. The Morgan fingerprint density at radius 1 is 1.08 bits per heavy atom. The van der Waals surface area contributed by atoms with Crippen molar-refractivity contribution in [3.8, 4) is 0 Å². The molecule has 2 heterocycles. The lowest BCUT2D eigenvalue weighted by Crippen LogP contribution is -2.40. The minimum Gasteiger partial charge on any atom is -0.308 e. The van der Waals surface area contributed by atoms with E-state index >= 15 is 0 Å². The molecule has 1 amide bonds. The van der Waals surface area contributed by atoms with Gasteiger partial charge in [0.25, 0.3) is 0 Å². The zero-order chi connectivity index (χ0) is 18.3. The van der Waals surface area contributed by atoms with Gasteiger partial charge < -0.3 is 4.57 Å². The first kappa shape index (κ1) is 16.7. The smallest absolute Gasteiger partial charge is 0.244 e. The number of carbonyl (C=O) groups excluding carboxylic acids is 1. The Kier molecular flexibility index (Phi) is 4.01. The maximum Gasteiger partial charge on any atom is 0.244 e. The van der Waals surface area contributed by atoms with E-state index < -0.39 is 10.0 Å². The summed E-state index contributed by atoms with van der Waals surface area (Å²) in [4.78, 5) is 19.0. The lowest BCUT2D eigenvalue weighted by atomic mass is 10.3. The average molecular weight is 370 g/mol. The number of para-hydroxylation sites is 2. The molecule has 0 saturated carbocycles. The number of amides is 1. The van der Waals surface area contributed by atoms with Crippen LogP contribution in [0, 0.1) is 0 Å². The molecule has 1 aromatic heterocycles. The fourth-order valence-corrected chi connectivity index (χ4v) is 4.30. The molecule has 0 radical (unpaired) electrons. The number of rotatable bonds is 4. The van der Waals surface area contributed by atoms with E-state index in [1.807, 2.05) is 28.8 Å². The molecule has 3 aromatic rings. The number of sulfonamides is 1. The monoisotopic (exact) mass is 370 g/mol. The number of carbonyl (C=O) groups is 1. The number of imidazole rings is 1. The molecule has 0 atom stereocenters. The zero-order valence-corrected chi connectivity index (χ0v) is 15.1. The number of benzene rings is 2. The molecule has 7 nitrogen and oxygen atoms in total. The van der Waals surface area contributed by atoms with Crippen molar-refractivity contribution in [2.45, 2.75) is 11.4 Å². The van der Waals surface area contributed by atoms with Gasteiger partial charge in [-0.05, 0) is 24.3 Å². The number of anilines is 1. The Morgan fingerprint density at radius 2 is 1.77 bits per heavy atom. The number of hydrogen-bond donors (Lipinski definition) is 0. The first-order valence-electron chi connectivity index (χ1n) is 8.25. The van der Waals surface area contributed by atoms with Crippen molar-refractivity contribution in [2.75, 3.05) is 25.0 Å². The molecule has 0 aliphatic carbocycles. The first-order valence-corrected chi connectivity index (χ1v) is 9.69. The zero-order valence-electron chi connectivity index (χ0n) is 14.2. The predicted octanol–water partition coefficient (Wildman–Crippen LogP) is 1.70. The Balaban J connectivity index is 1.57. The highest BCUT2D eigenvalue weighted by Gasteiger charge is 2.31. The number of fused-ring (bicyclic) bond motifs is 3. The van der Waals surface area contributed by atoms with Crippen molar-refractivity contribution in [3.63, 3.8) is 0 Å². The molecule has 0 saturated heterocycles. The minimum atomic E-state index is -3.71. The Labute approximate surface area is 151 Å². The van der Waals surface area contributed by atoms with Crippen LogP contribution in [0.3, 0.4) is 0 Å². The van der Waals surface area contributed by atoms with Gasteiger partial charge in [0.1, 0.15) is 0 Å². The van der Waals surface area contributed by atoms with Gasteiger partial charge in [0.05, 0.1) is 22.5 Å². The van der Waals surface area contributed by atoms with Gasteiger partial charge in [0.2, 0.25) is 21.9 Å². The summed E-state index contributed by atoms with van der Waals surface area (Å²) in [6, 6.07) is 15.8. The normalized spacial score (nSPS) is 14.2. The predicted molar refractivity (Wildman–Crippen MR) is 98.3 cm³/mol. The standard InChI is InChI=1S/C18H18N4O3S/c1-20(26(24,25)14-7-3-2-4-8-14)13-17(23)22-12-11-21-16-10-6-5-9-15(16)19-18(21)22/h2-10H,11-13H2,1H3. The molecule has 134 valence electrons. The third-order valence-corrected chi connectivity index (χ3v) is 6.35. The van der Waals surface area contributed by atoms with E-state index in [1.165, 1.54) is 19.2 Å². The third-order valence-electron chi connectivity index (χ3n) is 4.53. The molecule has 8 heteroatoms. The first-order chi connectivity index (χ1) is 12.5. The summed E-state index contributed by atoms with van der Waals surface area (Å²) in [5.41, 5.74) is 1.80.